The second-order valence-corrected chi connectivity index (χ2v) is 4.17. The molecule has 0 unspecified atom stereocenters. The molecular weight excluding hydrogens is 226 g/mol. The number of hydrogen-bond donors (Lipinski definition) is 2. The van der Waals surface area contributed by atoms with Gasteiger partial charge in [0.15, 0.2) is 5.13 Å². The minimum Gasteiger partial charge on any atom is -0.383 e. The van der Waals surface area contributed by atoms with Crippen molar-refractivity contribution in [3.05, 3.63) is 11.1 Å². The van der Waals surface area contributed by atoms with Crippen LogP contribution in [0.3, 0.4) is 0 Å². The molecular formula is C10H17N3O2S. The fourth-order valence-electron chi connectivity index (χ4n) is 1.10. The molecule has 0 fully saturated rings. The van der Waals surface area contributed by atoms with E-state index in [-0.39, 0.29) is 5.91 Å². The molecule has 0 saturated heterocycles. The summed E-state index contributed by atoms with van der Waals surface area (Å²) < 4.78 is 4.83. The third-order valence-corrected chi connectivity index (χ3v) is 2.79. The van der Waals surface area contributed by atoms with E-state index in [4.69, 9.17) is 4.74 Å². The zero-order valence-corrected chi connectivity index (χ0v) is 10.4. The lowest BCUT2D eigenvalue weighted by Gasteiger charge is -2.04. The number of methoxy groups -OCH3 is 1. The number of carbonyl (C=O) groups is 1. The van der Waals surface area contributed by atoms with Crippen LogP contribution < -0.4 is 10.6 Å². The highest BCUT2D eigenvalue weighted by Gasteiger charge is 2.01. The maximum Gasteiger partial charge on any atom is 0.221 e. The van der Waals surface area contributed by atoms with E-state index >= 15 is 0 Å². The molecule has 0 aliphatic rings. The van der Waals surface area contributed by atoms with Crippen molar-refractivity contribution in [2.24, 2.45) is 0 Å². The molecule has 1 rings (SSSR count). The largest absolute Gasteiger partial charge is 0.383 e. The van der Waals surface area contributed by atoms with Gasteiger partial charge in [-0.3, -0.25) is 4.79 Å². The first kappa shape index (κ1) is 12.9. The van der Waals surface area contributed by atoms with E-state index in [0.717, 1.165) is 10.8 Å². The molecule has 6 heteroatoms. The van der Waals surface area contributed by atoms with Gasteiger partial charge in [-0.2, -0.15) is 0 Å². The molecule has 5 nitrogen and oxygen atoms in total. The minimum atomic E-state index is 0.0258. The first-order chi connectivity index (χ1) is 7.72. The average molecular weight is 243 g/mol. The normalized spacial score (nSPS) is 10.1. The number of aromatic nitrogens is 1. The Labute approximate surface area is 99.2 Å². The maximum absolute atomic E-state index is 11.3. The number of rotatable bonds is 7. The van der Waals surface area contributed by atoms with Gasteiger partial charge in [-0.1, -0.05) is 0 Å². The van der Waals surface area contributed by atoms with Gasteiger partial charge >= 0.3 is 0 Å². The Morgan fingerprint density at radius 1 is 1.56 bits per heavy atom. The number of thiazole rings is 1. The number of nitrogens with one attached hydrogen (secondary N) is 2. The number of ether oxygens (including phenoxy) is 1. The highest BCUT2D eigenvalue weighted by Crippen LogP contribution is 2.13. The van der Waals surface area contributed by atoms with Crippen LogP contribution in [0.2, 0.25) is 0 Å². The van der Waals surface area contributed by atoms with Crippen LogP contribution in [0.5, 0.6) is 0 Å². The van der Waals surface area contributed by atoms with Gasteiger partial charge in [0.2, 0.25) is 5.91 Å². The quantitative estimate of drug-likeness (QED) is 0.702. The molecule has 0 aliphatic carbocycles. The number of nitrogens with zero attached hydrogens (tertiary/aromatic N) is 1. The van der Waals surface area contributed by atoms with Crippen molar-refractivity contribution in [2.75, 3.05) is 32.1 Å². The summed E-state index contributed by atoms with van der Waals surface area (Å²) in [6.45, 7) is 3.65. The summed E-state index contributed by atoms with van der Waals surface area (Å²) in [5.74, 6) is 0.0258. The van der Waals surface area contributed by atoms with Crippen molar-refractivity contribution >= 4 is 22.4 Å². The maximum atomic E-state index is 11.3. The summed E-state index contributed by atoms with van der Waals surface area (Å²) in [6, 6.07) is 0. The van der Waals surface area contributed by atoms with Gasteiger partial charge in [-0.05, 0) is 6.92 Å². The topological polar surface area (TPSA) is 63.2 Å². The van der Waals surface area contributed by atoms with E-state index in [2.05, 4.69) is 15.6 Å². The highest BCUT2D eigenvalue weighted by molar-refractivity contribution is 7.13. The van der Waals surface area contributed by atoms with Gasteiger partial charge in [0.05, 0.1) is 12.3 Å². The molecule has 1 amide bonds. The second-order valence-electron chi connectivity index (χ2n) is 3.31. The first-order valence-corrected chi connectivity index (χ1v) is 6.02. The van der Waals surface area contributed by atoms with E-state index in [0.29, 0.717) is 26.1 Å². The summed E-state index contributed by atoms with van der Waals surface area (Å²) >= 11 is 1.55. The Balaban J connectivity index is 2.08. The van der Waals surface area contributed by atoms with Gasteiger partial charge < -0.3 is 15.4 Å². The van der Waals surface area contributed by atoms with Crippen molar-refractivity contribution in [2.45, 2.75) is 13.3 Å². The molecule has 0 spiro atoms. The van der Waals surface area contributed by atoms with E-state index in [9.17, 15) is 4.79 Å². The van der Waals surface area contributed by atoms with Crippen LogP contribution in [0.1, 0.15) is 12.1 Å². The van der Waals surface area contributed by atoms with Crippen LogP contribution in [0.25, 0.3) is 0 Å². The fourth-order valence-corrected chi connectivity index (χ4v) is 1.82. The van der Waals surface area contributed by atoms with E-state index in [1.165, 1.54) is 0 Å². The summed E-state index contributed by atoms with van der Waals surface area (Å²) in [6.07, 6.45) is 0.447. The lowest BCUT2D eigenvalue weighted by molar-refractivity contribution is -0.121. The predicted octanol–water partition coefficient (Wildman–Crippen LogP) is 1.02. The number of hydrogen-bond acceptors (Lipinski definition) is 5. The molecule has 0 atom stereocenters. The van der Waals surface area contributed by atoms with Gasteiger partial charge in [-0.25, -0.2) is 4.98 Å². The van der Waals surface area contributed by atoms with E-state index < -0.39 is 0 Å². The molecule has 90 valence electrons. The van der Waals surface area contributed by atoms with E-state index in [1.807, 2.05) is 12.3 Å². The molecule has 0 radical (unpaired) electrons. The Hall–Kier alpha value is -1.14. The summed E-state index contributed by atoms with van der Waals surface area (Å²) in [7, 11) is 1.61. The van der Waals surface area contributed by atoms with Gasteiger partial charge in [0.1, 0.15) is 0 Å². The van der Waals surface area contributed by atoms with Crippen LogP contribution in [0.4, 0.5) is 5.13 Å². The van der Waals surface area contributed by atoms with Crippen molar-refractivity contribution in [3.8, 4) is 0 Å². The lowest BCUT2D eigenvalue weighted by Crippen LogP contribution is -2.28. The number of carbonyl (C=O) groups excluding carboxylic acids is 1. The van der Waals surface area contributed by atoms with Crippen LogP contribution in [-0.2, 0) is 9.53 Å². The molecule has 0 aromatic carbocycles. The molecule has 1 heterocycles. The summed E-state index contributed by atoms with van der Waals surface area (Å²) in [5.41, 5.74) is 0.997. The number of anilines is 1. The third kappa shape index (κ3) is 5.09. The fraction of sp³-hybridized carbons (Fsp3) is 0.600. The Morgan fingerprint density at radius 3 is 3.00 bits per heavy atom. The van der Waals surface area contributed by atoms with Crippen molar-refractivity contribution < 1.29 is 9.53 Å². The average Bonchev–Trinajstić information content (AvgIpc) is 2.65. The lowest BCUT2D eigenvalue weighted by atomic mass is 10.4. The van der Waals surface area contributed by atoms with Crippen LogP contribution in [-0.4, -0.2) is 37.7 Å². The molecule has 16 heavy (non-hydrogen) atoms. The molecule has 2 N–H and O–H groups in total. The number of amides is 1. The summed E-state index contributed by atoms with van der Waals surface area (Å²) in [4.78, 5) is 15.5. The van der Waals surface area contributed by atoms with Crippen LogP contribution >= 0.6 is 11.3 Å². The predicted molar refractivity (Wildman–Crippen MR) is 64.8 cm³/mol. The van der Waals surface area contributed by atoms with E-state index in [1.54, 1.807) is 18.4 Å². The van der Waals surface area contributed by atoms with Crippen molar-refractivity contribution in [1.82, 2.24) is 10.3 Å². The Kier molecular flexibility index (Phi) is 5.81. The van der Waals surface area contributed by atoms with Gasteiger partial charge in [-0.15, -0.1) is 11.3 Å². The Morgan fingerprint density at radius 2 is 2.38 bits per heavy atom. The zero-order valence-electron chi connectivity index (χ0n) is 9.58. The summed E-state index contributed by atoms with van der Waals surface area (Å²) in [5, 5.41) is 8.69. The third-order valence-electron chi connectivity index (χ3n) is 1.88. The molecule has 1 aromatic heterocycles. The monoisotopic (exact) mass is 243 g/mol. The standard InChI is InChI=1S/C10H17N3O2S/c1-8-7-16-10(13-8)12-4-3-9(14)11-5-6-15-2/h7H,3-6H2,1-2H3,(H,11,14)(H,12,13). The van der Waals surface area contributed by atoms with Gasteiger partial charge in [0, 0.05) is 32.0 Å². The molecule has 0 bridgehead atoms. The van der Waals surface area contributed by atoms with Crippen LogP contribution in [0.15, 0.2) is 5.38 Å². The highest BCUT2D eigenvalue weighted by atomic mass is 32.1. The van der Waals surface area contributed by atoms with Crippen LogP contribution in [0, 0.1) is 6.92 Å². The Bertz CT molecular complexity index is 328. The SMILES string of the molecule is COCCNC(=O)CCNc1nc(C)cs1. The minimum absolute atomic E-state index is 0.0258. The second kappa shape index (κ2) is 7.19. The number of aryl methyl sites for hydroxylation is 1. The van der Waals surface area contributed by atoms with Gasteiger partial charge in [0.25, 0.3) is 0 Å². The molecule has 0 saturated carbocycles. The molecule has 1 aromatic rings. The van der Waals surface area contributed by atoms with Crippen molar-refractivity contribution in [1.29, 1.82) is 0 Å². The van der Waals surface area contributed by atoms with Crippen molar-refractivity contribution in [3.63, 3.8) is 0 Å². The smallest absolute Gasteiger partial charge is 0.221 e. The molecule has 0 aliphatic heterocycles. The first-order valence-electron chi connectivity index (χ1n) is 5.14. The zero-order chi connectivity index (χ0) is 11.8.